The van der Waals surface area contributed by atoms with Gasteiger partial charge in [-0.15, -0.1) is 11.8 Å². The first-order valence-corrected chi connectivity index (χ1v) is 12.6. The molecule has 4 heterocycles. The Balaban J connectivity index is 1.46. The van der Waals surface area contributed by atoms with Crippen LogP contribution in [0.15, 0.2) is 72.8 Å². The van der Waals surface area contributed by atoms with Crippen LogP contribution in [0.5, 0.6) is 11.5 Å². The zero-order chi connectivity index (χ0) is 22.9. The Hall–Kier alpha value is -3.29. The number of rotatable bonds is 3. The summed E-state index contributed by atoms with van der Waals surface area (Å²) in [6, 6.07) is 23.4. The van der Waals surface area contributed by atoms with Crippen molar-refractivity contribution in [1.82, 2.24) is 4.90 Å². The number of fused-ring (bicyclic) bond motifs is 5. The van der Waals surface area contributed by atoms with Crippen LogP contribution in [0, 0.1) is 5.92 Å². The van der Waals surface area contributed by atoms with E-state index >= 15 is 0 Å². The molecule has 4 aliphatic rings. The van der Waals surface area contributed by atoms with Gasteiger partial charge in [-0.2, -0.15) is 0 Å². The minimum atomic E-state index is -1.06. The van der Waals surface area contributed by atoms with Crippen LogP contribution in [-0.4, -0.2) is 41.1 Å². The van der Waals surface area contributed by atoms with Crippen molar-refractivity contribution in [2.45, 2.75) is 17.5 Å². The van der Waals surface area contributed by atoms with Crippen molar-refractivity contribution in [2.24, 2.45) is 5.92 Å². The molecule has 1 spiro atoms. The number of ketones is 1. The summed E-state index contributed by atoms with van der Waals surface area (Å²) < 4.78 is 11.0. The van der Waals surface area contributed by atoms with Crippen LogP contribution in [0.1, 0.15) is 27.4 Å². The van der Waals surface area contributed by atoms with Gasteiger partial charge in [-0.25, -0.2) is 0 Å². The van der Waals surface area contributed by atoms with Crippen molar-refractivity contribution in [1.29, 1.82) is 0 Å². The highest BCUT2D eigenvalue weighted by atomic mass is 32.2. The summed E-state index contributed by atoms with van der Waals surface area (Å²) in [6.07, 6.45) is 0. The van der Waals surface area contributed by atoms with Crippen molar-refractivity contribution >= 4 is 29.1 Å². The van der Waals surface area contributed by atoms with E-state index in [1.165, 1.54) is 0 Å². The third-order valence-corrected chi connectivity index (χ3v) is 8.69. The number of anilines is 1. The number of hydrogen-bond acceptors (Lipinski definition) is 6. The van der Waals surface area contributed by atoms with E-state index in [-0.39, 0.29) is 30.4 Å². The van der Waals surface area contributed by atoms with E-state index in [0.717, 1.165) is 22.6 Å². The number of ether oxygens (including phenoxy) is 2. The molecule has 2 saturated heterocycles. The monoisotopic (exact) mass is 470 g/mol. The fourth-order valence-corrected chi connectivity index (χ4v) is 7.64. The van der Waals surface area contributed by atoms with E-state index in [1.54, 1.807) is 18.2 Å². The van der Waals surface area contributed by atoms with Crippen LogP contribution < -0.4 is 14.8 Å². The molecule has 0 aliphatic carbocycles. The highest BCUT2D eigenvalue weighted by Gasteiger charge is 2.69. The van der Waals surface area contributed by atoms with Crippen LogP contribution in [0.4, 0.5) is 5.69 Å². The maximum absolute atomic E-state index is 14.5. The zero-order valence-electron chi connectivity index (χ0n) is 18.3. The summed E-state index contributed by atoms with van der Waals surface area (Å²) >= 11 is 1.83. The third kappa shape index (κ3) is 2.56. The van der Waals surface area contributed by atoms with E-state index in [4.69, 9.17) is 9.47 Å². The van der Waals surface area contributed by atoms with Gasteiger partial charge in [0.1, 0.15) is 5.54 Å². The fraction of sp³-hybridized carbons (Fsp3) is 0.259. The molecule has 3 aromatic carbocycles. The van der Waals surface area contributed by atoms with Crippen LogP contribution in [0.25, 0.3) is 0 Å². The van der Waals surface area contributed by atoms with Crippen molar-refractivity contribution in [3.05, 3.63) is 89.5 Å². The van der Waals surface area contributed by atoms with Gasteiger partial charge >= 0.3 is 0 Å². The third-order valence-electron chi connectivity index (χ3n) is 7.65. The van der Waals surface area contributed by atoms with E-state index in [2.05, 4.69) is 22.3 Å². The summed E-state index contributed by atoms with van der Waals surface area (Å²) in [6.45, 7) is 0.149. The van der Waals surface area contributed by atoms with E-state index in [9.17, 15) is 9.59 Å². The van der Waals surface area contributed by atoms with Gasteiger partial charge in [0.25, 0.3) is 0 Å². The fourth-order valence-electron chi connectivity index (χ4n) is 6.31. The Labute approximate surface area is 201 Å². The first-order valence-electron chi connectivity index (χ1n) is 11.4. The van der Waals surface area contributed by atoms with Crippen molar-refractivity contribution < 1.29 is 19.1 Å². The molecule has 1 N–H and O–H groups in total. The van der Waals surface area contributed by atoms with Gasteiger partial charge in [0.2, 0.25) is 12.7 Å². The van der Waals surface area contributed by atoms with Crippen molar-refractivity contribution in [2.75, 3.05) is 23.7 Å². The quantitative estimate of drug-likeness (QED) is 0.578. The average molecular weight is 471 g/mol. The number of nitrogens with one attached hydrogen (secondary N) is 1. The molecular formula is C27H22N2O4S. The van der Waals surface area contributed by atoms with Crippen LogP contribution in [-0.2, 0) is 10.3 Å². The molecule has 0 unspecified atom stereocenters. The SMILES string of the molecule is O=C(c1ccc2c(c1)OCO2)[C@@H]1[C@H](c2ccccc2)[C@@H]2CSCN2[C@]12C(=O)Nc1ccccc12. The molecule has 3 aromatic rings. The molecule has 7 rings (SSSR count). The lowest BCUT2D eigenvalue weighted by Crippen LogP contribution is -2.52. The first kappa shape index (κ1) is 20.1. The molecule has 0 aromatic heterocycles. The number of amides is 1. The molecule has 6 nitrogen and oxygen atoms in total. The minimum absolute atomic E-state index is 0.0431. The Morgan fingerprint density at radius 1 is 1.00 bits per heavy atom. The Morgan fingerprint density at radius 3 is 2.68 bits per heavy atom. The van der Waals surface area contributed by atoms with Crippen LogP contribution in [0.2, 0.25) is 0 Å². The predicted octanol–water partition coefficient (Wildman–Crippen LogP) is 4.23. The lowest BCUT2D eigenvalue weighted by Gasteiger charge is -2.36. The lowest BCUT2D eigenvalue weighted by molar-refractivity contribution is -0.127. The summed E-state index contributed by atoms with van der Waals surface area (Å²) in [5, 5.41) is 3.11. The van der Waals surface area contributed by atoms with E-state index < -0.39 is 11.5 Å². The zero-order valence-corrected chi connectivity index (χ0v) is 19.1. The number of para-hydroxylation sites is 1. The number of thioether (sulfide) groups is 1. The second-order valence-corrected chi connectivity index (χ2v) is 10.1. The van der Waals surface area contributed by atoms with Gasteiger partial charge in [-0.1, -0.05) is 48.5 Å². The highest BCUT2D eigenvalue weighted by molar-refractivity contribution is 7.99. The van der Waals surface area contributed by atoms with Gasteiger partial charge in [-0.05, 0) is 29.8 Å². The predicted molar refractivity (Wildman–Crippen MR) is 129 cm³/mol. The maximum atomic E-state index is 14.5. The van der Waals surface area contributed by atoms with Crippen LogP contribution in [0.3, 0.4) is 0 Å². The number of Topliss-reactive ketones (excluding diaryl/α,β-unsaturated/α-hetero) is 1. The number of carbonyl (C=O) groups excluding carboxylic acids is 2. The van der Waals surface area contributed by atoms with Gasteiger partial charge in [0.15, 0.2) is 17.3 Å². The molecular weight excluding hydrogens is 448 g/mol. The Kier molecular flexibility index (Phi) is 4.35. The minimum Gasteiger partial charge on any atom is -0.454 e. The van der Waals surface area contributed by atoms with E-state index in [0.29, 0.717) is 22.9 Å². The van der Waals surface area contributed by atoms with Gasteiger partial charge < -0.3 is 14.8 Å². The molecule has 1 amide bonds. The second kappa shape index (κ2) is 7.35. The molecule has 2 fully saturated rings. The second-order valence-electron chi connectivity index (χ2n) is 9.15. The normalized spacial score (nSPS) is 28.7. The lowest BCUT2D eigenvalue weighted by atomic mass is 9.69. The maximum Gasteiger partial charge on any atom is 0.250 e. The average Bonchev–Trinajstić information content (AvgIpc) is 3.63. The Morgan fingerprint density at radius 2 is 1.79 bits per heavy atom. The topological polar surface area (TPSA) is 67.9 Å². The number of hydrogen-bond donors (Lipinski definition) is 1. The van der Waals surface area contributed by atoms with Crippen molar-refractivity contribution in [3.63, 3.8) is 0 Å². The molecule has 0 radical (unpaired) electrons. The molecule has 4 aliphatic heterocycles. The summed E-state index contributed by atoms with van der Waals surface area (Å²) in [7, 11) is 0. The molecule has 0 bridgehead atoms. The smallest absolute Gasteiger partial charge is 0.250 e. The van der Waals surface area contributed by atoms with Crippen LogP contribution >= 0.6 is 11.8 Å². The highest BCUT2D eigenvalue weighted by Crippen LogP contribution is 2.61. The van der Waals surface area contributed by atoms with E-state index in [1.807, 2.05) is 54.2 Å². The van der Waals surface area contributed by atoms with Gasteiger partial charge in [-0.3, -0.25) is 14.5 Å². The summed E-state index contributed by atoms with van der Waals surface area (Å²) in [5.41, 5.74) is 2.26. The molecule has 0 saturated carbocycles. The molecule has 170 valence electrons. The molecule has 4 atom stereocenters. The largest absolute Gasteiger partial charge is 0.454 e. The molecule has 34 heavy (non-hydrogen) atoms. The molecule has 7 heteroatoms. The standard InChI is InChI=1S/C27H22N2O4S/c30-25(17-10-11-21-22(12-17)33-15-32-21)24-23(16-6-2-1-3-7-16)20-13-34-14-29(20)27(24)18-8-4-5-9-19(18)28-26(27)31/h1-12,20,23-24H,13-15H2,(H,28,31)/t20-,23+,24-,27-/m0/s1. The first-order chi connectivity index (χ1) is 16.7. The van der Waals surface area contributed by atoms with Gasteiger partial charge in [0, 0.05) is 40.4 Å². The Bertz CT molecular complexity index is 1330. The summed E-state index contributed by atoms with van der Waals surface area (Å²) in [4.78, 5) is 30.7. The van der Waals surface area contributed by atoms with Crippen molar-refractivity contribution in [3.8, 4) is 11.5 Å². The number of carbonyl (C=O) groups is 2. The number of benzene rings is 3. The van der Waals surface area contributed by atoms with Gasteiger partial charge in [0.05, 0.1) is 5.92 Å². The number of nitrogens with zero attached hydrogens (tertiary/aromatic N) is 1. The summed E-state index contributed by atoms with van der Waals surface area (Å²) in [5.74, 6) is 1.94.